The fraction of sp³-hybridized carbons (Fsp3) is 0.0769. The van der Waals surface area contributed by atoms with Crippen LogP contribution >= 0.6 is 15.9 Å². The molecule has 5 heteroatoms. The van der Waals surface area contributed by atoms with Gasteiger partial charge in [-0.2, -0.15) is 5.10 Å². The number of hydrogen-bond acceptors (Lipinski definition) is 3. The van der Waals surface area contributed by atoms with E-state index < -0.39 is 0 Å². The van der Waals surface area contributed by atoms with Crippen LogP contribution in [0.4, 0.5) is 0 Å². The van der Waals surface area contributed by atoms with Gasteiger partial charge in [-0.1, -0.05) is 18.2 Å². The van der Waals surface area contributed by atoms with Crippen LogP contribution in [0.1, 0.15) is 10.4 Å². The van der Waals surface area contributed by atoms with E-state index in [0.29, 0.717) is 5.56 Å². The maximum atomic E-state index is 12.2. The number of halogens is 1. The summed E-state index contributed by atoms with van der Waals surface area (Å²) in [5.74, 6) is -0.0180. The number of ketones is 1. The number of benzene rings is 1. The Kier molecular flexibility index (Phi) is 2.76. The Morgan fingerprint density at radius 1 is 1.39 bits per heavy atom. The van der Waals surface area contributed by atoms with Crippen LogP contribution in [-0.2, 0) is 6.54 Å². The number of carbonyl (C=O) groups is 1. The monoisotopic (exact) mass is 304 g/mol. The van der Waals surface area contributed by atoms with Crippen molar-refractivity contribution < 1.29 is 9.21 Å². The fourth-order valence-electron chi connectivity index (χ4n) is 1.85. The quantitative estimate of drug-likeness (QED) is 0.698. The first kappa shape index (κ1) is 11.2. The van der Waals surface area contributed by atoms with Crippen LogP contribution in [0.15, 0.2) is 51.8 Å². The number of rotatable bonds is 3. The van der Waals surface area contributed by atoms with Gasteiger partial charge < -0.3 is 4.42 Å². The first-order valence-corrected chi connectivity index (χ1v) is 6.21. The van der Waals surface area contributed by atoms with Crippen molar-refractivity contribution >= 4 is 32.7 Å². The van der Waals surface area contributed by atoms with Gasteiger partial charge >= 0.3 is 0 Å². The average molecular weight is 305 g/mol. The summed E-state index contributed by atoms with van der Waals surface area (Å²) in [6.45, 7) is 0.203. The molecule has 2 aromatic heterocycles. The zero-order valence-electron chi connectivity index (χ0n) is 9.34. The molecule has 0 spiro atoms. The van der Waals surface area contributed by atoms with Gasteiger partial charge in [0.25, 0.3) is 0 Å². The Morgan fingerprint density at radius 3 is 3.00 bits per heavy atom. The van der Waals surface area contributed by atoms with Crippen molar-refractivity contribution in [2.45, 2.75) is 6.54 Å². The standard InChI is InChI=1S/C13H9BrN2O2/c14-9-5-15-16(6-9)7-12(17)11-8-18-13-4-2-1-3-10(11)13/h1-6,8H,7H2. The molecular weight excluding hydrogens is 296 g/mol. The van der Waals surface area contributed by atoms with Gasteiger partial charge in [0.2, 0.25) is 0 Å². The normalized spacial score (nSPS) is 10.9. The van der Waals surface area contributed by atoms with Crippen molar-refractivity contribution in [1.82, 2.24) is 9.78 Å². The van der Waals surface area contributed by atoms with Crippen LogP contribution in [0, 0.1) is 0 Å². The van der Waals surface area contributed by atoms with Crippen LogP contribution in [0.3, 0.4) is 0 Å². The molecule has 0 bridgehead atoms. The second-order valence-electron chi connectivity index (χ2n) is 3.92. The second kappa shape index (κ2) is 4.42. The van der Waals surface area contributed by atoms with Gasteiger partial charge in [0.15, 0.2) is 5.78 Å². The molecule has 3 rings (SSSR count). The summed E-state index contributed by atoms with van der Waals surface area (Å²) in [4.78, 5) is 12.2. The molecule has 3 aromatic rings. The predicted octanol–water partition coefficient (Wildman–Crippen LogP) is 3.27. The smallest absolute Gasteiger partial charge is 0.188 e. The molecule has 0 amide bonds. The summed E-state index contributed by atoms with van der Waals surface area (Å²) in [7, 11) is 0. The molecule has 1 aromatic carbocycles. The van der Waals surface area contributed by atoms with Gasteiger partial charge in [-0.25, -0.2) is 0 Å². The first-order valence-electron chi connectivity index (χ1n) is 5.41. The van der Waals surface area contributed by atoms with E-state index in [1.807, 2.05) is 24.3 Å². The molecule has 0 saturated heterocycles. The Labute approximate surface area is 111 Å². The lowest BCUT2D eigenvalue weighted by Gasteiger charge is -1.99. The van der Waals surface area contributed by atoms with Gasteiger partial charge in [0.05, 0.1) is 16.2 Å². The summed E-state index contributed by atoms with van der Waals surface area (Å²) >= 11 is 3.30. The van der Waals surface area contributed by atoms with E-state index in [1.165, 1.54) is 6.26 Å². The highest BCUT2D eigenvalue weighted by atomic mass is 79.9. The number of para-hydroxylation sites is 1. The van der Waals surface area contributed by atoms with Crippen molar-refractivity contribution in [3.05, 3.63) is 53.0 Å². The molecule has 0 fully saturated rings. The molecule has 0 unspecified atom stereocenters. The van der Waals surface area contributed by atoms with Crippen molar-refractivity contribution in [3.63, 3.8) is 0 Å². The molecular formula is C13H9BrN2O2. The van der Waals surface area contributed by atoms with E-state index in [1.54, 1.807) is 17.1 Å². The third-order valence-electron chi connectivity index (χ3n) is 2.69. The molecule has 0 saturated carbocycles. The van der Waals surface area contributed by atoms with Gasteiger partial charge in [-0.3, -0.25) is 9.48 Å². The van der Waals surface area contributed by atoms with Crippen LogP contribution in [0.25, 0.3) is 11.0 Å². The molecule has 0 aliphatic rings. The molecule has 0 radical (unpaired) electrons. The highest BCUT2D eigenvalue weighted by Crippen LogP contribution is 2.21. The van der Waals surface area contributed by atoms with Gasteiger partial charge in [-0.05, 0) is 22.0 Å². The van der Waals surface area contributed by atoms with E-state index in [-0.39, 0.29) is 12.3 Å². The second-order valence-corrected chi connectivity index (χ2v) is 4.84. The zero-order valence-corrected chi connectivity index (χ0v) is 10.9. The number of aromatic nitrogens is 2. The topological polar surface area (TPSA) is 48.0 Å². The Morgan fingerprint density at radius 2 is 2.22 bits per heavy atom. The summed E-state index contributed by atoms with van der Waals surface area (Å²) in [5.41, 5.74) is 1.32. The Balaban J connectivity index is 1.92. The minimum atomic E-state index is -0.0180. The van der Waals surface area contributed by atoms with E-state index in [0.717, 1.165) is 15.4 Å². The average Bonchev–Trinajstić information content (AvgIpc) is 2.95. The maximum absolute atomic E-state index is 12.2. The predicted molar refractivity (Wildman–Crippen MR) is 70.5 cm³/mol. The molecule has 2 heterocycles. The van der Waals surface area contributed by atoms with Gasteiger partial charge in [-0.15, -0.1) is 0 Å². The summed E-state index contributed by atoms with van der Waals surface area (Å²) in [6, 6.07) is 7.49. The van der Waals surface area contributed by atoms with Crippen molar-refractivity contribution in [2.24, 2.45) is 0 Å². The molecule has 0 atom stereocenters. The molecule has 0 aliphatic carbocycles. The minimum absolute atomic E-state index is 0.0180. The van der Waals surface area contributed by atoms with Gasteiger partial charge in [0.1, 0.15) is 18.4 Å². The largest absolute Gasteiger partial charge is 0.464 e. The third kappa shape index (κ3) is 1.97. The number of nitrogens with zero attached hydrogens (tertiary/aromatic N) is 2. The van der Waals surface area contributed by atoms with Crippen molar-refractivity contribution in [3.8, 4) is 0 Å². The summed E-state index contributed by atoms with van der Waals surface area (Å²) < 4.78 is 7.80. The molecule has 0 aliphatic heterocycles. The fourth-order valence-corrected chi connectivity index (χ4v) is 2.18. The number of Topliss-reactive ketones (excluding diaryl/α,β-unsaturated/α-hetero) is 1. The third-order valence-corrected chi connectivity index (χ3v) is 3.10. The summed E-state index contributed by atoms with van der Waals surface area (Å²) in [6.07, 6.45) is 4.92. The highest BCUT2D eigenvalue weighted by molar-refractivity contribution is 9.10. The van der Waals surface area contributed by atoms with Crippen LogP contribution in [0.2, 0.25) is 0 Å². The molecule has 4 nitrogen and oxygen atoms in total. The van der Waals surface area contributed by atoms with E-state index in [2.05, 4.69) is 21.0 Å². The van der Waals surface area contributed by atoms with Crippen LogP contribution in [0.5, 0.6) is 0 Å². The lowest BCUT2D eigenvalue weighted by molar-refractivity contribution is 0.0968. The van der Waals surface area contributed by atoms with Gasteiger partial charge in [0, 0.05) is 11.6 Å². The van der Waals surface area contributed by atoms with E-state index in [9.17, 15) is 4.79 Å². The number of carbonyl (C=O) groups excluding carboxylic acids is 1. The molecule has 90 valence electrons. The number of hydrogen-bond donors (Lipinski definition) is 0. The molecule has 0 N–H and O–H groups in total. The Bertz CT molecular complexity index is 714. The number of fused-ring (bicyclic) bond motifs is 1. The highest BCUT2D eigenvalue weighted by Gasteiger charge is 2.14. The van der Waals surface area contributed by atoms with Crippen molar-refractivity contribution in [1.29, 1.82) is 0 Å². The first-order chi connectivity index (χ1) is 8.74. The van der Waals surface area contributed by atoms with E-state index in [4.69, 9.17) is 4.42 Å². The maximum Gasteiger partial charge on any atom is 0.188 e. The van der Waals surface area contributed by atoms with Crippen LogP contribution in [-0.4, -0.2) is 15.6 Å². The SMILES string of the molecule is O=C(Cn1cc(Br)cn1)c1coc2ccccc12. The van der Waals surface area contributed by atoms with Crippen molar-refractivity contribution in [2.75, 3.05) is 0 Å². The zero-order chi connectivity index (χ0) is 12.5. The van der Waals surface area contributed by atoms with E-state index >= 15 is 0 Å². The Hall–Kier alpha value is -1.88. The molecule has 18 heavy (non-hydrogen) atoms. The number of furan rings is 1. The summed E-state index contributed by atoms with van der Waals surface area (Å²) in [5, 5.41) is 4.91. The minimum Gasteiger partial charge on any atom is -0.464 e. The lowest BCUT2D eigenvalue weighted by atomic mass is 10.1. The lowest BCUT2D eigenvalue weighted by Crippen LogP contribution is -2.10. The van der Waals surface area contributed by atoms with Crippen LogP contribution < -0.4 is 0 Å².